The van der Waals surface area contributed by atoms with Gasteiger partial charge in [0, 0.05) is 42.7 Å². The van der Waals surface area contributed by atoms with Gasteiger partial charge in [-0.3, -0.25) is 14.4 Å². The number of benzene rings is 1. The van der Waals surface area contributed by atoms with Gasteiger partial charge in [-0.1, -0.05) is 58.0 Å². The Kier molecular flexibility index (Phi) is 6.26. The topological polar surface area (TPSA) is 80.7 Å². The van der Waals surface area contributed by atoms with Crippen LogP contribution in [0.1, 0.15) is 58.9 Å². The Balaban J connectivity index is 2.09. The van der Waals surface area contributed by atoms with E-state index in [2.05, 4.69) is 0 Å². The minimum absolute atomic E-state index is 0.0126. The smallest absolute Gasteiger partial charge is 0.163 e. The van der Waals surface area contributed by atoms with E-state index in [0.717, 1.165) is 5.56 Å². The molecule has 0 bridgehead atoms. The van der Waals surface area contributed by atoms with Crippen molar-refractivity contribution >= 4 is 23.4 Å². The molecule has 0 radical (unpaired) electrons. The van der Waals surface area contributed by atoms with Crippen LogP contribution in [0.5, 0.6) is 5.75 Å². The Morgan fingerprint density at radius 3 is 2.13 bits per heavy atom. The van der Waals surface area contributed by atoms with E-state index in [-0.39, 0.29) is 53.4 Å². The molecule has 0 aliphatic heterocycles. The van der Waals surface area contributed by atoms with E-state index in [1.807, 2.05) is 52.0 Å². The third kappa shape index (κ3) is 4.97. The molecule has 1 saturated carbocycles. The van der Waals surface area contributed by atoms with E-state index in [4.69, 9.17) is 4.74 Å². The standard InChI is InChI=1S/C26H32O5/c1-25(2)12-18(27)23(19(28)13-25)17(11-10-16-8-6-7-9-22(16)31-5)24-20(29)14-26(3,4)15-21(24)30/h6-11,17,23,29H,12-15H2,1-5H3. The zero-order valence-electron chi connectivity index (χ0n) is 19.0. The van der Waals surface area contributed by atoms with Gasteiger partial charge in [-0.15, -0.1) is 0 Å². The number of hydrogen-bond acceptors (Lipinski definition) is 5. The Hall–Kier alpha value is -2.69. The molecule has 2 aliphatic rings. The van der Waals surface area contributed by atoms with E-state index in [0.29, 0.717) is 12.2 Å². The normalized spacial score (nSPS) is 22.8. The summed E-state index contributed by atoms with van der Waals surface area (Å²) in [6, 6.07) is 7.39. The molecule has 0 aromatic heterocycles. The van der Waals surface area contributed by atoms with Crippen LogP contribution in [0.3, 0.4) is 0 Å². The number of Topliss-reactive ketones (excluding diaryl/α,β-unsaturated/α-hetero) is 3. The van der Waals surface area contributed by atoms with Gasteiger partial charge in [0.05, 0.1) is 13.0 Å². The highest BCUT2D eigenvalue weighted by Gasteiger charge is 2.47. The predicted octanol–water partition coefficient (Wildman–Crippen LogP) is 5.10. The van der Waals surface area contributed by atoms with Gasteiger partial charge < -0.3 is 9.84 Å². The number of para-hydroxylation sites is 1. The number of rotatable bonds is 5. The minimum Gasteiger partial charge on any atom is -0.512 e. The summed E-state index contributed by atoms with van der Waals surface area (Å²) in [5, 5.41) is 10.8. The Bertz CT molecular complexity index is 944. The number of hydrogen-bond donors (Lipinski definition) is 1. The fourth-order valence-corrected chi connectivity index (χ4v) is 4.87. The van der Waals surface area contributed by atoms with E-state index in [1.54, 1.807) is 19.3 Å². The molecule has 0 saturated heterocycles. The molecule has 1 aromatic rings. The summed E-state index contributed by atoms with van der Waals surface area (Å²) in [4.78, 5) is 39.2. The lowest BCUT2D eigenvalue weighted by Gasteiger charge is -2.37. The molecule has 1 N–H and O–H groups in total. The van der Waals surface area contributed by atoms with E-state index >= 15 is 0 Å². The van der Waals surface area contributed by atoms with Crippen LogP contribution in [0.25, 0.3) is 6.08 Å². The van der Waals surface area contributed by atoms with Gasteiger partial charge >= 0.3 is 0 Å². The quantitative estimate of drug-likeness (QED) is 0.665. The number of ketones is 3. The fraction of sp³-hybridized carbons (Fsp3) is 0.500. The third-order valence-electron chi connectivity index (χ3n) is 6.21. The van der Waals surface area contributed by atoms with Gasteiger partial charge in [-0.2, -0.15) is 0 Å². The number of ether oxygens (including phenoxy) is 1. The largest absolute Gasteiger partial charge is 0.512 e. The molecule has 0 heterocycles. The molecule has 166 valence electrons. The number of aliphatic hydroxyl groups is 1. The molecule has 5 heteroatoms. The van der Waals surface area contributed by atoms with Crippen molar-refractivity contribution in [2.24, 2.45) is 22.7 Å². The summed E-state index contributed by atoms with van der Waals surface area (Å²) < 4.78 is 5.39. The fourth-order valence-electron chi connectivity index (χ4n) is 4.87. The lowest BCUT2D eigenvalue weighted by molar-refractivity contribution is -0.140. The predicted molar refractivity (Wildman–Crippen MR) is 120 cm³/mol. The van der Waals surface area contributed by atoms with Crippen LogP contribution in [-0.4, -0.2) is 29.6 Å². The molecule has 1 unspecified atom stereocenters. The van der Waals surface area contributed by atoms with Crippen molar-refractivity contribution in [1.82, 2.24) is 0 Å². The Labute approximate surface area is 184 Å². The molecule has 0 spiro atoms. The molecular weight excluding hydrogens is 392 g/mol. The average molecular weight is 425 g/mol. The SMILES string of the molecule is COc1ccccc1C=CC(C1=C(O)CC(C)(C)CC1=O)C1C(=O)CC(C)(C)CC1=O. The maximum atomic E-state index is 13.1. The van der Waals surface area contributed by atoms with Crippen molar-refractivity contribution in [3.05, 3.63) is 47.2 Å². The maximum Gasteiger partial charge on any atom is 0.163 e. The van der Waals surface area contributed by atoms with Crippen LogP contribution in [0.2, 0.25) is 0 Å². The molecular formula is C26H32O5. The van der Waals surface area contributed by atoms with Crippen molar-refractivity contribution in [3.8, 4) is 5.75 Å². The first-order valence-corrected chi connectivity index (χ1v) is 10.8. The lowest BCUT2D eigenvalue weighted by atomic mass is 9.64. The summed E-state index contributed by atoms with van der Waals surface area (Å²) in [5.41, 5.74) is 0.229. The number of aliphatic hydroxyl groups excluding tert-OH is 1. The zero-order valence-corrected chi connectivity index (χ0v) is 19.0. The van der Waals surface area contributed by atoms with Gasteiger partial charge in [0.1, 0.15) is 23.1 Å². The number of carbonyl (C=O) groups excluding carboxylic acids is 3. The molecule has 3 rings (SSSR count). The summed E-state index contributed by atoms with van der Waals surface area (Å²) in [7, 11) is 1.57. The number of carbonyl (C=O) groups is 3. The molecule has 0 amide bonds. The molecule has 5 nitrogen and oxygen atoms in total. The van der Waals surface area contributed by atoms with E-state index < -0.39 is 17.3 Å². The number of allylic oxidation sites excluding steroid dienone is 3. The Morgan fingerprint density at radius 1 is 0.968 bits per heavy atom. The highest BCUT2D eigenvalue weighted by molar-refractivity contribution is 6.08. The summed E-state index contributed by atoms with van der Waals surface area (Å²) in [5.74, 6) is -1.65. The first-order chi connectivity index (χ1) is 14.4. The van der Waals surface area contributed by atoms with Crippen LogP contribution in [0.15, 0.2) is 41.7 Å². The second kappa shape index (κ2) is 8.45. The lowest BCUT2D eigenvalue weighted by Crippen LogP contribution is -2.43. The van der Waals surface area contributed by atoms with Gasteiger partial charge in [0.25, 0.3) is 0 Å². The van der Waals surface area contributed by atoms with Crippen LogP contribution >= 0.6 is 0 Å². The van der Waals surface area contributed by atoms with Crippen LogP contribution in [-0.2, 0) is 14.4 Å². The maximum absolute atomic E-state index is 13.1. The van der Waals surface area contributed by atoms with Crippen LogP contribution in [0, 0.1) is 22.7 Å². The van der Waals surface area contributed by atoms with Gasteiger partial charge in [0.15, 0.2) is 5.78 Å². The van der Waals surface area contributed by atoms with Crippen molar-refractivity contribution < 1.29 is 24.2 Å². The molecule has 1 atom stereocenters. The Morgan fingerprint density at radius 2 is 1.55 bits per heavy atom. The monoisotopic (exact) mass is 424 g/mol. The van der Waals surface area contributed by atoms with Gasteiger partial charge in [0.2, 0.25) is 0 Å². The van der Waals surface area contributed by atoms with Gasteiger partial charge in [-0.05, 0) is 16.9 Å². The van der Waals surface area contributed by atoms with E-state index in [1.165, 1.54) is 0 Å². The second-order valence-corrected chi connectivity index (χ2v) is 10.4. The molecule has 31 heavy (non-hydrogen) atoms. The van der Waals surface area contributed by atoms with E-state index in [9.17, 15) is 19.5 Å². The summed E-state index contributed by atoms with van der Waals surface area (Å²) >= 11 is 0. The highest BCUT2D eigenvalue weighted by atomic mass is 16.5. The third-order valence-corrected chi connectivity index (χ3v) is 6.21. The highest BCUT2D eigenvalue weighted by Crippen LogP contribution is 2.44. The number of methoxy groups -OCH3 is 1. The molecule has 1 aromatic carbocycles. The van der Waals surface area contributed by atoms with Crippen LogP contribution < -0.4 is 4.74 Å². The summed E-state index contributed by atoms with van der Waals surface area (Å²) in [6.07, 6.45) is 4.65. The zero-order chi connectivity index (χ0) is 23.0. The molecule has 1 fully saturated rings. The van der Waals surface area contributed by atoms with Crippen molar-refractivity contribution in [1.29, 1.82) is 0 Å². The summed E-state index contributed by atoms with van der Waals surface area (Å²) in [6.45, 7) is 7.67. The van der Waals surface area contributed by atoms with Crippen molar-refractivity contribution in [2.45, 2.75) is 53.4 Å². The first-order valence-electron chi connectivity index (χ1n) is 10.8. The average Bonchev–Trinajstić information content (AvgIpc) is 2.62. The van der Waals surface area contributed by atoms with Crippen molar-refractivity contribution in [3.63, 3.8) is 0 Å². The van der Waals surface area contributed by atoms with Crippen molar-refractivity contribution in [2.75, 3.05) is 7.11 Å². The second-order valence-electron chi connectivity index (χ2n) is 10.4. The minimum atomic E-state index is -0.957. The van der Waals surface area contributed by atoms with Gasteiger partial charge in [-0.25, -0.2) is 0 Å². The van der Waals surface area contributed by atoms with Crippen LogP contribution in [0.4, 0.5) is 0 Å². The first kappa shape index (κ1) is 23.0. The molecule has 2 aliphatic carbocycles.